The van der Waals surface area contributed by atoms with Crippen LogP contribution in [0.25, 0.3) is 0 Å². The molecule has 6 heteroatoms. The SMILES string of the molecule is CCC(C)n1nccc1NC(=O)NC(C)CO. The third-order valence-corrected chi connectivity index (χ3v) is 2.57. The van der Waals surface area contributed by atoms with Gasteiger partial charge in [0.25, 0.3) is 0 Å². The summed E-state index contributed by atoms with van der Waals surface area (Å²) in [4.78, 5) is 11.6. The van der Waals surface area contributed by atoms with Crippen molar-refractivity contribution in [2.45, 2.75) is 39.3 Å². The number of rotatable bonds is 5. The van der Waals surface area contributed by atoms with Crippen LogP contribution in [0.5, 0.6) is 0 Å². The van der Waals surface area contributed by atoms with E-state index in [1.807, 2.05) is 6.92 Å². The summed E-state index contributed by atoms with van der Waals surface area (Å²) < 4.78 is 1.77. The molecule has 17 heavy (non-hydrogen) atoms. The predicted molar refractivity (Wildman–Crippen MR) is 65.9 cm³/mol. The lowest BCUT2D eigenvalue weighted by Crippen LogP contribution is -2.38. The van der Waals surface area contributed by atoms with Gasteiger partial charge < -0.3 is 10.4 Å². The molecule has 0 aromatic carbocycles. The largest absolute Gasteiger partial charge is 0.394 e. The fourth-order valence-corrected chi connectivity index (χ4v) is 1.36. The molecule has 2 amide bonds. The number of nitrogens with one attached hydrogen (secondary N) is 2. The predicted octanol–water partition coefficient (Wildman–Crippen LogP) is 1.36. The quantitative estimate of drug-likeness (QED) is 0.727. The van der Waals surface area contributed by atoms with Gasteiger partial charge in [-0.1, -0.05) is 6.92 Å². The topological polar surface area (TPSA) is 79.2 Å². The summed E-state index contributed by atoms with van der Waals surface area (Å²) in [5, 5.41) is 18.3. The number of amides is 2. The first-order chi connectivity index (χ1) is 8.08. The Balaban J connectivity index is 2.62. The highest BCUT2D eigenvalue weighted by atomic mass is 16.3. The maximum Gasteiger partial charge on any atom is 0.320 e. The van der Waals surface area contributed by atoms with Gasteiger partial charge in [0.2, 0.25) is 0 Å². The number of hydrogen-bond acceptors (Lipinski definition) is 3. The molecule has 2 unspecified atom stereocenters. The Morgan fingerprint density at radius 3 is 2.88 bits per heavy atom. The molecule has 0 bridgehead atoms. The highest BCUT2D eigenvalue weighted by molar-refractivity contribution is 5.88. The molecule has 2 atom stereocenters. The van der Waals surface area contributed by atoms with Crippen molar-refractivity contribution in [3.05, 3.63) is 12.3 Å². The lowest BCUT2D eigenvalue weighted by atomic mass is 10.3. The third-order valence-electron chi connectivity index (χ3n) is 2.57. The molecule has 1 aromatic rings. The Kier molecular flexibility index (Phi) is 4.96. The van der Waals surface area contributed by atoms with E-state index in [0.717, 1.165) is 6.42 Å². The second kappa shape index (κ2) is 6.24. The van der Waals surface area contributed by atoms with Crippen LogP contribution in [0.2, 0.25) is 0 Å². The molecule has 0 aliphatic carbocycles. The third kappa shape index (κ3) is 3.74. The van der Waals surface area contributed by atoms with Gasteiger partial charge in [0.1, 0.15) is 5.82 Å². The molecule has 6 nitrogen and oxygen atoms in total. The molecule has 1 rings (SSSR count). The Labute approximate surface area is 101 Å². The maximum absolute atomic E-state index is 11.6. The van der Waals surface area contributed by atoms with E-state index in [1.165, 1.54) is 0 Å². The van der Waals surface area contributed by atoms with Crippen LogP contribution in [0.4, 0.5) is 10.6 Å². The minimum atomic E-state index is -0.336. The molecule has 0 saturated carbocycles. The van der Waals surface area contributed by atoms with E-state index in [0.29, 0.717) is 5.82 Å². The molecule has 1 heterocycles. The number of aliphatic hydroxyl groups is 1. The lowest BCUT2D eigenvalue weighted by molar-refractivity contribution is 0.229. The minimum Gasteiger partial charge on any atom is -0.394 e. The van der Waals surface area contributed by atoms with E-state index in [2.05, 4.69) is 22.7 Å². The smallest absolute Gasteiger partial charge is 0.320 e. The molecule has 0 aliphatic heterocycles. The Morgan fingerprint density at radius 2 is 2.29 bits per heavy atom. The standard InChI is InChI=1S/C11H20N4O2/c1-4-9(3)15-10(5-6-12-15)14-11(17)13-8(2)7-16/h5-6,8-9,16H,4,7H2,1-3H3,(H2,13,14,17). The number of urea groups is 1. The van der Waals surface area contributed by atoms with Crippen LogP contribution in [0.15, 0.2) is 12.3 Å². The molecule has 0 radical (unpaired) electrons. The second-order valence-electron chi connectivity index (χ2n) is 4.10. The molecule has 0 spiro atoms. The summed E-state index contributed by atoms with van der Waals surface area (Å²) in [6, 6.07) is 1.37. The zero-order chi connectivity index (χ0) is 12.8. The van der Waals surface area contributed by atoms with Crippen molar-refractivity contribution in [2.24, 2.45) is 0 Å². The first-order valence-corrected chi connectivity index (χ1v) is 5.80. The molecular formula is C11H20N4O2. The van der Waals surface area contributed by atoms with Crippen molar-refractivity contribution in [1.29, 1.82) is 0 Å². The van der Waals surface area contributed by atoms with Gasteiger partial charge in [0, 0.05) is 6.07 Å². The normalized spacial score (nSPS) is 14.1. The molecule has 0 saturated heterocycles. The summed E-state index contributed by atoms with van der Waals surface area (Å²) in [7, 11) is 0. The Morgan fingerprint density at radius 1 is 1.59 bits per heavy atom. The van der Waals surface area contributed by atoms with Gasteiger partial charge >= 0.3 is 6.03 Å². The van der Waals surface area contributed by atoms with Crippen LogP contribution in [0.3, 0.4) is 0 Å². The molecule has 3 N–H and O–H groups in total. The van der Waals surface area contributed by atoms with Gasteiger partial charge in [-0.2, -0.15) is 5.10 Å². The summed E-state index contributed by atoms with van der Waals surface area (Å²) in [6.07, 6.45) is 2.59. The summed E-state index contributed by atoms with van der Waals surface area (Å²) in [5.74, 6) is 0.655. The summed E-state index contributed by atoms with van der Waals surface area (Å²) in [5.41, 5.74) is 0. The summed E-state index contributed by atoms with van der Waals surface area (Å²) >= 11 is 0. The monoisotopic (exact) mass is 240 g/mol. The molecule has 0 fully saturated rings. The van der Waals surface area contributed by atoms with Gasteiger partial charge in [0.05, 0.1) is 24.9 Å². The first-order valence-electron chi connectivity index (χ1n) is 5.80. The van der Waals surface area contributed by atoms with Crippen LogP contribution < -0.4 is 10.6 Å². The number of hydrogen-bond donors (Lipinski definition) is 3. The van der Waals surface area contributed by atoms with Crippen molar-refractivity contribution in [3.63, 3.8) is 0 Å². The van der Waals surface area contributed by atoms with Gasteiger partial charge in [-0.3, -0.25) is 5.32 Å². The van der Waals surface area contributed by atoms with E-state index in [9.17, 15) is 4.79 Å². The molecular weight excluding hydrogens is 220 g/mol. The number of nitrogens with zero attached hydrogens (tertiary/aromatic N) is 2. The lowest BCUT2D eigenvalue weighted by Gasteiger charge is -2.16. The Hall–Kier alpha value is -1.56. The maximum atomic E-state index is 11.6. The average molecular weight is 240 g/mol. The van der Waals surface area contributed by atoms with Gasteiger partial charge in [-0.15, -0.1) is 0 Å². The van der Waals surface area contributed by atoms with Crippen molar-refractivity contribution in [1.82, 2.24) is 15.1 Å². The molecule has 1 aromatic heterocycles. The van der Waals surface area contributed by atoms with E-state index >= 15 is 0 Å². The highest BCUT2D eigenvalue weighted by Gasteiger charge is 2.12. The number of anilines is 1. The fourth-order valence-electron chi connectivity index (χ4n) is 1.36. The van der Waals surface area contributed by atoms with Gasteiger partial charge in [-0.25, -0.2) is 9.48 Å². The van der Waals surface area contributed by atoms with Gasteiger partial charge in [0.15, 0.2) is 0 Å². The fraction of sp³-hybridized carbons (Fsp3) is 0.636. The Bertz CT molecular complexity index is 364. The van der Waals surface area contributed by atoms with Crippen molar-refractivity contribution in [3.8, 4) is 0 Å². The number of carbonyl (C=O) groups excluding carboxylic acids is 1. The van der Waals surface area contributed by atoms with Crippen molar-refractivity contribution in [2.75, 3.05) is 11.9 Å². The van der Waals surface area contributed by atoms with Crippen LogP contribution >= 0.6 is 0 Å². The molecule has 96 valence electrons. The number of aromatic nitrogens is 2. The van der Waals surface area contributed by atoms with Crippen molar-refractivity contribution < 1.29 is 9.90 Å². The van der Waals surface area contributed by atoms with Crippen molar-refractivity contribution >= 4 is 11.8 Å². The van der Waals surface area contributed by atoms with E-state index < -0.39 is 0 Å². The van der Waals surface area contributed by atoms with Crippen LogP contribution in [0, 0.1) is 0 Å². The molecule has 0 aliphatic rings. The zero-order valence-electron chi connectivity index (χ0n) is 10.5. The highest BCUT2D eigenvalue weighted by Crippen LogP contribution is 2.16. The van der Waals surface area contributed by atoms with E-state index in [1.54, 1.807) is 23.9 Å². The van der Waals surface area contributed by atoms with Gasteiger partial charge in [-0.05, 0) is 20.3 Å². The van der Waals surface area contributed by atoms with E-state index in [4.69, 9.17) is 5.11 Å². The first kappa shape index (κ1) is 13.5. The summed E-state index contributed by atoms with van der Waals surface area (Å²) in [6.45, 7) is 5.74. The van der Waals surface area contributed by atoms with E-state index in [-0.39, 0.29) is 24.7 Å². The zero-order valence-corrected chi connectivity index (χ0v) is 10.5. The van der Waals surface area contributed by atoms with Crippen LogP contribution in [0.1, 0.15) is 33.2 Å². The number of aliphatic hydroxyl groups excluding tert-OH is 1. The average Bonchev–Trinajstić information content (AvgIpc) is 2.75. The number of carbonyl (C=O) groups is 1. The second-order valence-corrected chi connectivity index (χ2v) is 4.10. The van der Waals surface area contributed by atoms with Crippen LogP contribution in [-0.4, -0.2) is 33.6 Å². The van der Waals surface area contributed by atoms with Crippen LogP contribution in [-0.2, 0) is 0 Å². The minimum absolute atomic E-state index is 0.0853.